The largest absolute Gasteiger partial charge is 0.381 e. The fourth-order valence-electron chi connectivity index (χ4n) is 4.28. The molecule has 0 radical (unpaired) electrons. The van der Waals surface area contributed by atoms with Crippen LogP contribution in [0.25, 0.3) is 0 Å². The summed E-state index contributed by atoms with van der Waals surface area (Å²) in [5.74, 6) is 1.02. The highest BCUT2D eigenvalue weighted by molar-refractivity contribution is 5.80. The maximum atomic E-state index is 5.83. The van der Waals surface area contributed by atoms with Gasteiger partial charge >= 0.3 is 0 Å². The Morgan fingerprint density at radius 1 is 1.03 bits per heavy atom. The fraction of sp³-hybridized carbons (Fsp3) is 0.480. The third-order valence-corrected chi connectivity index (χ3v) is 6.07. The smallest absolute Gasteiger partial charge is 0.194 e. The highest BCUT2D eigenvalue weighted by Gasteiger charge is 2.42. The second-order valence-electron chi connectivity index (χ2n) is 8.44. The molecule has 0 aliphatic carbocycles. The van der Waals surface area contributed by atoms with Crippen LogP contribution < -0.4 is 5.32 Å². The molecule has 5 nitrogen and oxygen atoms in total. The Balaban J connectivity index is 1.29. The Labute approximate surface area is 180 Å². The summed E-state index contributed by atoms with van der Waals surface area (Å²) >= 11 is 0. The molecule has 2 aliphatic heterocycles. The van der Waals surface area contributed by atoms with Crippen molar-refractivity contribution in [1.82, 2.24) is 10.2 Å². The molecule has 2 fully saturated rings. The van der Waals surface area contributed by atoms with Crippen molar-refractivity contribution in [3.8, 4) is 0 Å². The number of benzene rings is 2. The Bertz CT molecular complexity index is 814. The Morgan fingerprint density at radius 3 is 2.47 bits per heavy atom. The first-order valence-corrected chi connectivity index (χ1v) is 11.1. The van der Waals surface area contributed by atoms with Crippen LogP contribution in [-0.4, -0.2) is 43.7 Å². The van der Waals surface area contributed by atoms with Crippen molar-refractivity contribution in [2.45, 2.75) is 39.5 Å². The van der Waals surface area contributed by atoms with E-state index < -0.39 is 0 Å². The number of hydrogen-bond acceptors (Lipinski definition) is 3. The summed E-state index contributed by atoms with van der Waals surface area (Å²) in [5, 5.41) is 3.47. The Morgan fingerprint density at radius 2 is 1.77 bits per heavy atom. The number of ether oxygens (including phenoxy) is 2. The van der Waals surface area contributed by atoms with Gasteiger partial charge in [0.1, 0.15) is 0 Å². The summed E-state index contributed by atoms with van der Waals surface area (Å²) in [6.45, 7) is 8.89. The second-order valence-corrected chi connectivity index (χ2v) is 8.44. The predicted molar refractivity (Wildman–Crippen MR) is 120 cm³/mol. The maximum absolute atomic E-state index is 5.83. The van der Waals surface area contributed by atoms with Crippen LogP contribution in [0.3, 0.4) is 0 Å². The van der Waals surface area contributed by atoms with Gasteiger partial charge in [-0.05, 0) is 36.5 Å². The molecule has 0 amide bonds. The first-order valence-electron chi connectivity index (χ1n) is 11.1. The average Bonchev–Trinajstić information content (AvgIpc) is 3.42. The van der Waals surface area contributed by atoms with E-state index >= 15 is 0 Å². The molecule has 2 aromatic carbocycles. The SMILES string of the molecule is CCNC(=NCc1ccc(COCc2ccccc2)cc1)N1CCC2(CCOC2)C1. The van der Waals surface area contributed by atoms with Crippen molar-refractivity contribution >= 4 is 5.96 Å². The number of aliphatic imine (C=N–C) groups is 1. The lowest BCUT2D eigenvalue weighted by Gasteiger charge is -2.25. The number of hydrogen-bond donors (Lipinski definition) is 1. The predicted octanol–water partition coefficient (Wildman–Crippen LogP) is 3.98. The third-order valence-electron chi connectivity index (χ3n) is 6.07. The van der Waals surface area contributed by atoms with Crippen LogP contribution in [0, 0.1) is 5.41 Å². The molecule has 30 heavy (non-hydrogen) atoms. The number of nitrogens with zero attached hydrogens (tertiary/aromatic N) is 2. The highest BCUT2D eigenvalue weighted by atomic mass is 16.5. The number of nitrogens with one attached hydrogen (secondary N) is 1. The molecule has 2 aromatic rings. The van der Waals surface area contributed by atoms with Gasteiger partial charge in [0.2, 0.25) is 0 Å². The zero-order valence-corrected chi connectivity index (χ0v) is 18.0. The average molecular weight is 408 g/mol. The molecule has 1 spiro atoms. The standard InChI is InChI=1S/C25H33N3O2/c1-2-26-24(28-14-12-25(19-28)13-15-29-20-25)27-16-21-8-10-23(11-9-21)18-30-17-22-6-4-3-5-7-22/h3-11H,2,12-20H2,1H3,(H,26,27). The molecule has 1 unspecified atom stereocenters. The molecule has 5 heteroatoms. The summed E-state index contributed by atoms with van der Waals surface area (Å²) in [7, 11) is 0. The van der Waals surface area contributed by atoms with Gasteiger partial charge in [0.15, 0.2) is 5.96 Å². The lowest BCUT2D eigenvalue weighted by Crippen LogP contribution is -2.41. The molecule has 1 atom stereocenters. The van der Waals surface area contributed by atoms with Gasteiger partial charge < -0.3 is 19.7 Å². The van der Waals surface area contributed by atoms with Crippen LogP contribution >= 0.6 is 0 Å². The summed E-state index contributed by atoms with van der Waals surface area (Å²) < 4.78 is 11.5. The molecule has 4 rings (SSSR count). The van der Waals surface area contributed by atoms with Crippen molar-refractivity contribution in [2.24, 2.45) is 10.4 Å². The van der Waals surface area contributed by atoms with Gasteiger partial charge in [-0.25, -0.2) is 4.99 Å². The lowest BCUT2D eigenvalue weighted by atomic mass is 9.87. The molecular weight excluding hydrogens is 374 g/mol. The van der Waals surface area contributed by atoms with E-state index in [2.05, 4.69) is 53.5 Å². The van der Waals surface area contributed by atoms with E-state index in [-0.39, 0.29) is 0 Å². The normalized spacial score (nSPS) is 21.5. The summed E-state index contributed by atoms with van der Waals surface area (Å²) in [6.07, 6.45) is 2.38. The van der Waals surface area contributed by atoms with Gasteiger partial charge in [0, 0.05) is 31.7 Å². The molecule has 0 bridgehead atoms. The quantitative estimate of drug-likeness (QED) is 0.557. The zero-order valence-electron chi connectivity index (χ0n) is 18.0. The van der Waals surface area contributed by atoms with E-state index in [0.29, 0.717) is 25.2 Å². The molecular formula is C25H33N3O2. The monoisotopic (exact) mass is 407 g/mol. The number of likely N-dealkylation sites (tertiary alicyclic amines) is 1. The molecule has 0 aromatic heterocycles. The maximum Gasteiger partial charge on any atom is 0.194 e. The van der Waals surface area contributed by atoms with E-state index in [4.69, 9.17) is 14.5 Å². The van der Waals surface area contributed by atoms with Crippen LogP contribution in [0.2, 0.25) is 0 Å². The summed E-state index contributed by atoms with van der Waals surface area (Å²) in [6, 6.07) is 18.9. The van der Waals surface area contributed by atoms with E-state index in [9.17, 15) is 0 Å². The van der Waals surface area contributed by atoms with Gasteiger partial charge in [0.25, 0.3) is 0 Å². The van der Waals surface area contributed by atoms with Gasteiger partial charge in [-0.1, -0.05) is 54.6 Å². The van der Waals surface area contributed by atoms with Crippen molar-refractivity contribution in [3.05, 3.63) is 71.3 Å². The van der Waals surface area contributed by atoms with Gasteiger partial charge in [-0.2, -0.15) is 0 Å². The van der Waals surface area contributed by atoms with Gasteiger partial charge in [-0.15, -0.1) is 0 Å². The lowest BCUT2D eigenvalue weighted by molar-refractivity contribution is 0.107. The number of rotatable bonds is 7. The second kappa shape index (κ2) is 10.1. The van der Waals surface area contributed by atoms with Crippen LogP contribution in [0.15, 0.2) is 59.6 Å². The van der Waals surface area contributed by atoms with Crippen LogP contribution in [0.5, 0.6) is 0 Å². The van der Waals surface area contributed by atoms with Crippen molar-refractivity contribution < 1.29 is 9.47 Å². The van der Waals surface area contributed by atoms with E-state index in [1.165, 1.54) is 29.5 Å². The minimum atomic E-state index is 0.345. The molecule has 2 saturated heterocycles. The molecule has 160 valence electrons. The Kier molecular flexibility index (Phi) is 7.03. The first kappa shape index (κ1) is 20.9. The van der Waals surface area contributed by atoms with Gasteiger partial charge in [-0.3, -0.25) is 0 Å². The summed E-state index contributed by atoms with van der Waals surface area (Å²) in [5.41, 5.74) is 3.95. The Hall–Kier alpha value is -2.37. The van der Waals surface area contributed by atoms with E-state index in [0.717, 1.165) is 38.8 Å². The number of guanidine groups is 1. The van der Waals surface area contributed by atoms with E-state index in [1.54, 1.807) is 0 Å². The summed E-state index contributed by atoms with van der Waals surface area (Å²) in [4.78, 5) is 7.32. The topological polar surface area (TPSA) is 46.1 Å². The van der Waals surface area contributed by atoms with Crippen LogP contribution in [0.4, 0.5) is 0 Å². The highest BCUT2D eigenvalue weighted by Crippen LogP contribution is 2.38. The minimum absolute atomic E-state index is 0.345. The molecule has 0 saturated carbocycles. The fourth-order valence-corrected chi connectivity index (χ4v) is 4.28. The molecule has 1 N–H and O–H groups in total. The molecule has 2 heterocycles. The first-order chi connectivity index (χ1) is 14.8. The third kappa shape index (κ3) is 5.41. The van der Waals surface area contributed by atoms with E-state index in [1.807, 2.05) is 18.2 Å². The van der Waals surface area contributed by atoms with Crippen molar-refractivity contribution in [1.29, 1.82) is 0 Å². The van der Waals surface area contributed by atoms with Crippen LogP contribution in [-0.2, 0) is 29.2 Å². The van der Waals surface area contributed by atoms with Crippen LogP contribution in [0.1, 0.15) is 36.5 Å². The minimum Gasteiger partial charge on any atom is -0.381 e. The van der Waals surface area contributed by atoms with Crippen molar-refractivity contribution in [2.75, 3.05) is 32.8 Å². The molecule has 2 aliphatic rings. The zero-order chi connectivity index (χ0) is 20.7. The van der Waals surface area contributed by atoms with Crippen molar-refractivity contribution in [3.63, 3.8) is 0 Å². The van der Waals surface area contributed by atoms with Gasteiger partial charge in [0.05, 0.1) is 26.4 Å².